The molecule has 0 heterocycles. The van der Waals surface area contributed by atoms with Crippen LogP contribution in [0.5, 0.6) is 0 Å². The second-order valence-corrected chi connectivity index (χ2v) is 5.85. The number of hydrogen-bond donors (Lipinski definition) is 1. The van der Waals surface area contributed by atoms with Crippen molar-refractivity contribution < 1.29 is 14.6 Å². The van der Waals surface area contributed by atoms with Crippen LogP contribution in [0.3, 0.4) is 0 Å². The largest absolute Gasteiger partial charge is 0.466 e. The van der Waals surface area contributed by atoms with Gasteiger partial charge < -0.3 is 9.84 Å². The van der Waals surface area contributed by atoms with Crippen LogP contribution in [-0.4, -0.2) is 17.7 Å². The van der Waals surface area contributed by atoms with Crippen molar-refractivity contribution in [3.8, 4) is 11.8 Å². The summed E-state index contributed by atoms with van der Waals surface area (Å²) in [6.45, 7) is 4.04. The minimum Gasteiger partial charge on any atom is -0.466 e. The van der Waals surface area contributed by atoms with Crippen molar-refractivity contribution in [1.29, 1.82) is 0 Å². The predicted octanol–water partition coefficient (Wildman–Crippen LogP) is 3.83. The average Bonchev–Trinajstić information content (AvgIpc) is 2.63. The molecule has 1 N–H and O–H groups in total. The van der Waals surface area contributed by atoms with Gasteiger partial charge in [0.2, 0.25) is 0 Å². The van der Waals surface area contributed by atoms with Crippen LogP contribution >= 0.6 is 0 Å². The van der Waals surface area contributed by atoms with Gasteiger partial charge in [0.15, 0.2) is 0 Å². The highest BCUT2D eigenvalue weighted by atomic mass is 16.5. The first kappa shape index (κ1) is 18.8. The number of aliphatic hydroxyl groups is 1. The zero-order valence-electron chi connectivity index (χ0n) is 14.8. The van der Waals surface area contributed by atoms with Crippen molar-refractivity contribution in [2.24, 2.45) is 0 Å². The van der Waals surface area contributed by atoms with Crippen LogP contribution in [0.15, 0.2) is 48.5 Å². The van der Waals surface area contributed by atoms with E-state index in [4.69, 9.17) is 9.84 Å². The number of esters is 1. The van der Waals surface area contributed by atoms with Crippen LogP contribution < -0.4 is 0 Å². The third-order valence-corrected chi connectivity index (χ3v) is 3.99. The zero-order chi connectivity index (χ0) is 18.1. The fourth-order valence-corrected chi connectivity index (χ4v) is 2.68. The van der Waals surface area contributed by atoms with Gasteiger partial charge in [-0.25, -0.2) is 0 Å². The Morgan fingerprint density at radius 1 is 1.04 bits per heavy atom. The number of ether oxygens (including phenoxy) is 1. The van der Waals surface area contributed by atoms with Gasteiger partial charge in [-0.1, -0.05) is 54.5 Å². The van der Waals surface area contributed by atoms with Crippen LogP contribution in [-0.2, 0) is 22.6 Å². The van der Waals surface area contributed by atoms with Gasteiger partial charge in [0.1, 0.15) is 0 Å². The minimum absolute atomic E-state index is 0.0648. The molecule has 0 spiro atoms. The monoisotopic (exact) mass is 336 g/mol. The molecule has 3 heteroatoms. The van der Waals surface area contributed by atoms with Crippen LogP contribution in [0.1, 0.15) is 48.4 Å². The van der Waals surface area contributed by atoms with E-state index in [1.165, 1.54) is 11.1 Å². The van der Waals surface area contributed by atoms with Crippen molar-refractivity contribution in [2.75, 3.05) is 6.61 Å². The van der Waals surface area contributed by atoms with Crippen molar-refractivity contribution in [3.05, 3.63) is 70.8 Å². The number of benzene rings is 2. The molecule has 0 aliphatic heterocycles. The van der Waals surface area contributed by atoms with Gasteiger partial charge >= 0.3 is 5.97 Å². The number of carbonyl (C=O) groups excluding carboxylic acids is 1. The fraction of sp³-hybridized carbons (Fsp3) is 0.318. The highest BCUT2D eigenvalue weighted by molar-refractivity contribution is 5.71. The summed E-state index contributed by atoms with van der Waals surface area (Å²) in [6, 6.07) is 16.2. The summed E-state index contributed by atoms with van der Waals surface area (Å²) in [5, 5.41) is 9.10. The van der Waals surface area contributed by atoms with Crippen molar-refractivity contribution >= 4 is 5.97 Å². The van der Waals surface area contributed by atoms with E-state index in [1.807, 2.05) is 36.4 Å². The van der Waals surface area contributed by atoms with Gasteiger partial charge in [-0.05, 0) is 42.5 Å². The van der Waals surface area contributed by atoms with E-state index in [0.29, 0.717) is 6.61 Å². The summed E-state index contributed by atoms with van der Waals surface area (Å²) in [5.74, 6) is 5.64. The molecule has 2 aromatic rings. The lowest BCUT2D eigenvalue weighted by Crippen LogP contribution is -2.09. The highest BCUT2D eigenvalue weighted by Gasteiger charge is 2.14. The van der Waals surface area contributed by atoms with Gasteiger partial charge in [0, 0.05) is 0 Å². The molecular weight excluding hydrogens is 312 g/mol. The quantitative estimate of drug-likeness (QED) is 0.617. The van der Waals surface area contributed by atoms with E-state index in [0.717, 1.165) is 17.5 Å². The lowest BCUT2D eigenvalue weighted by Gasteiger charge is -2.11. The Hall–Kier alpha value is -2.57. The molecule has 2 aromatic carbocycles. The Morgan fingerprint density at radius 2 is 1.60 bits per heavy atom. The molecular formula is C22H24O3. The summed E-state index contributed by atoms with van der Waals surface area (Å²) >= 11 is 0. The molecule has 0 saturated heterocycles. The molecule has 0 radical (unpaired) electrons. The van der Waals surface area contributed by atoms with Crippen molar-refractivity contribution in [3.63, 3.8) is 0 Å². The third kappa shape index (κ3) is 5.77. The van der Waals surface area contributed by atoms with Gasteiger partial charge in [0.25, 0.3) is 0 Å². The van der Waals surface area contributed by atoms with Crippen molar-refractivity contribution in [1.82, 2.24) is 0 Å². The van der Waals surface area contributed by atoms with E-state index in [9.17, 15) is 4.79 Å². The first-order valence-corrected chi connectivity index (χ1v) is 8.51. The molecule has 0 aliphatic carbocycles. The van der Waals surface area contributed by atoms with Crippen molar-refractivity contribution in [2.45, 2.75) is 39.2 Å². The van der Waals surface area contributed by atoms with E-state index < -0.39 is 0 Å². The Labute approximate surface area is 149 Å². The molecule has 0 bridgehead atoms. The standard InChI is InChI=1S/C22H24O3/c1-3-5-21(15-22(24)25-4-2)20-12-10-18(11-13-20)14-17-6-8-19(16-23)9-7-17/h6-13,21,23H,4,14-16H2,1-2H3/t21-/m0/s1. The number of hydrogen-bond acceptors (Lipinski definition) is 3. The van der Waals surface area contributed by atoms with Crippen LogP contribution in [0.25, 0.3) is 0 Å². The second-order valence-electron chi connectivity index (χ2n) is 5.85. The zero-order valence-corrected chi connectivity index (χ0v) is 14.8. The Kier molecular flexibility index (Phi) is 7.25. The molecule has 1 atom stereocenters. The van der Waals surface area contributed by atoms with E-state index in [1.54, 1.807) is 13.8 Å². The summed E-state index contributed by atoms with van der Waals surface area (Å²) in [5.41, 5.74) is 4.34. The van der Waals surface area contributed by atoms with E-state index >= 15 is 0 Å². The molecule has 25 heavy (non-hydrogen) atoms. The molecule has 0 saturated carbocycles. The summed E-state index contributed by atoms with van der Waals surface area (Å²) in [6.07, 6.45) is 1.10. The van der Waals surface area contributed by atoms with Crippen LogP contribution in [0.2, 0.25) is 0 Å². The molecule has 0 fully saturated rings. The van der Waals surface area contributed by atoms with E-state index in [-0.39, 0.29) is 24.9 Å². The van der Waals surface area contributed by atoms with E-state index in [2.05, 4.69) is 24.0 Å². The summed E-state index contributed by atoms with van der Waals surface area (Å²) in [4.78, 5) is 11.8. The molecule has 0 unspecified atom stereocenters. The van der Waals surface area contributed by atoms with Gasteiger partial charge in [-0.2, -0.15) is 0 Å². The SMILES string of the molecule is CC#C[C@@H](CC(=O)OCC)c1ccc(Cc2ccc(CO)cc2)cc1. The molecule has 2 rings (SSSR count). The number of carbonyl (C=O) groups is 1. The molecule has 0 aliphatic rings. The maximum atomic E-state index is 11.8. The number of rotatable bonds is 7. The van der Waals surface area contributed by atoms with Crippen LogP contribution in [0.4, 0.5) is 0 Å². The molecule has 0 amide bonds. The first-order valence-electron chi connectivity index (χ1n) is 8.51. The van der Waals surface area contributed by atoms with Gasteiger partial charge in [0.05, 0.1) is 25.6 Å². The summed E-state index contributed by atoms with van der Waals surface area (Å²) < 4.78 is 5.04. The Bertz CT molecular complexity index is 734. The van der Waals surface area contributed by atoms with Gasteiger partial charge in [-0.15, -0.1) is 5.92 Å². The first-order chi connectivity index (χ1) is 12.2. The smallest absolute Gasteiger partial charge is 0.307 e. The maximum Gasteiger partial charge on any atom is 0.307 e. The maximum absolute atomic E-state index is 11.8. The normalized spacial score (nSPS) is 11.3. The fourth-order valence-electron chi connectivity index (χ4n) is 2.68. The third-order valence-electron chi connectivity index (χ3n) is 3.99. The number of aliphatic hydroxyl groups excluding tert-OH is 1. The topological polar surface area (TPSA) is 46.5 Å². The average molecular weight is 336 g/mol. The molecule has 130 valence electrons. The Morgan fingerprint density at radius 3 is 2.12 bits per heavy atom. The van der Waals surface area contributed by atoms with Crippen LogP contribution in [0, 0.1) is 11.8 Å². The summed E-state index contributed by atoms with van der Waals surface area (Å²) in [7, 11) is 0. The second kappa shape index (κ2) is 9.66. The lowest BCUT2D eigenvalue weighted by molar-refractivity contribution is -0.143. The predicted molar refractivity (Wildman–Crippen MR) is 99.1 cm³/mol. The highest BCUT2D eigenvalue weighted by Crippen LogP contribution is 2.21. The minimum atomic E-state index is -0.219. The molecule has 0 aromatic heterocycles. The van der Waals surface area contributed by atoms with Gasteiger partial charge in [-0.3, -0.25) is 4.79 Å². The Balaban J connectivity index is 2.07. The molecule has 3 nitrogen and oxygen atoms in total. The lowest BCUT2D eigenvalue weighted by atomic mass is 9.94.